The highest BCUT2D eigenvalue weighted by Crippen LogP contribution is 2.51. The normalized spacial score (nSPS) is 20.7. The van der Waals surface area contributed by atoms with Crippen molar-refractivity contribution in [3.63, 3.8) is 0 Å². The molecule has 1 spiro atoms. The second-order valence-electron chi connectivity index (χ2n) is 8.85. The number of benzene rings is 1. The molecular weight excluding hydrogens is 427 g/mol. The molecule has 6 nitrogen and oxygen atoms in total. The number of nitrogens with zero attached hydrogens (tertiary/aromatic N) is 1. The van der Waals surface area contributed by atoms with Crippen molar-refractivity contribution in [2.24, 2.45) is 5.92 Å². The van der Waals surface area contributed by atoms with Crippen LogP contribution in [0.1, 0.15) is 53.6 Å². The third kappa shape index (κ3) is 3.21. The molecule has 0 amide bonds. The lowest BCUT2D eigenvalue weighted by Crippen LogP contribution is -2.47. The minimum Gasteiger partial charge on any atom is -0.493 e. The zero-order valence-electron chi connectivity index (χ0n) is 17.2. The Labute approximate surface area is 181 Å². The molecule has 3 aliphatic rings. The van der Waals surface area contributed by atoms with Crippen molar-refractivity contribution >= 4 is 5.97 Å². The van der Waals surface area contributed by atoms with E-state index in [1.807, 2.05) is 0 Å². The molecule has 2 fully saturated rings. The Balaban J connectivity index is 1.66. The Hall–Kier alpha value is -2.81. The van der Waals surface area contributed by atoms with Gasteiger partial charge in [0.05, 0.1) is 24.5 Å². The average Bonchev–Trinajstić information content (AvgIpc) is 3.25. The molecule has 1 aliphatic carbocycles. The number of ether oxygens (including phenoxy) is 2. The molecule has 5 rings (SSSR count). The quantitative estimate of drug-likeness (QED) is 0.743. The predicted molar refractivity (Wildman–Crippen MR) is 108 cm³/mol. The molecule has 3 heterocycles. The van der Waals surface area contributed by atoms with Crippen molar-refractivity contribution in [1.29, 1.82) is 0 Å². The summed E-state index contributed by atoms with van der Waals surface area (Å²) >= 11 is 0. The van der Waals surface area contributed by atoms with Crippen LogP contribution in [-0.2, 0) is 16.7 Å². The first kappa shape index (κ1) is 21.1. The number of hydrogen-bond donors (Lipinski definition) is 1. The average molecular weight is 449 g/mol. The molecule has 1 saturated heterocycles. The van der Waals surface area contributed by atoms with Gasteiger partial charge in [0, 0.05) is 29.8 Å². The van der Waals surface area contributed by atoms with Crippen LogP contribution in [0.3, 0.4) is 0 Å². The van der Waals surface area contributed by atoms with Gasteiger partial charge in [-0.05, 0) is 49.8 Å². The molecule has 1 N–H and O–H groups in total. The molecule has 0 radical (unpaired) electrons. The Morgan fingerprint density at radius 1 is 1.34 bits per heavy atom. The van der Waals surface area contributed by atoms with E-state index in [9.17, 15) is 23.5 Å². The molecule has 0 bridgehead atoms. The van der Waals surface area contributed by atoms with E-state index in [2.05, 4.69) is 0 Å². The highest BCUT2D eigenvalue weighted by molar-refractivity contribution is 5.88. The predicted octanol–water partition coefficient (Wildman–Crippen LogP) is 4.14. The van der Waals surface area contributed by atoms with E-state index >= 15 is 4.39 Å². The second-order valence-corrected chi connectivity index (χ2v) is 8.85. The van der Waals surface area contributed by atoms with Crippen LogP contribution < -0.4 is 10.2 Å². The van der Waals surface area contributed by atoms with Gasteiger partial charge in [-0.25, -0.2) is 18.0 Å². The topological polar surface area (TPSA) is 77.8 Å². The number of fused-ring (bicyclic) bond motifs is 4. The summed E-state index contributed by atoms with van der Waals surface area (Å²) in [5.41, 5.74) is -2.19. The van der Waals surface area contributed by atoms with Crippen LogP contribution in [0, 0.1) is 11.7 Å². The minimum atomic E-state index is -2.86. The Kier molecular flexibility index (Phi) is 5.03. The number of rotatable bonds is 5. The lowest BCUT2D eigenvalue weighted by molar-refractivity contribution is 0.0690. The number of alkyl halides is 2. The SMILES string of the molecule is O=C(O)c1cn2c(c(F)c1=O)-c1cc(C(F)F)c(OCC3CCOC3)cc1CC21CCC1. The highest BCUT2D eigenvalue weighted by atomic mass is 19.3. The van der Waals surface area contributed by atoms with E-state index in [1.54, 1.807) is 0 Å². The van der Waals surface area contributed by atoms with Crippen molar-refractivity contribution in [3.8, 4) is 17.0 Å². The zero-order valence-corrected chi connectivity index (χ0v) is 17.2. The van der Waals surface area contributed by atoms with Crippen LogP contribution in [-0.4, -0.2) is 35.5 Å². The molecular formula is C23H22F3NO5. The third-order valence-electron chi connectivity index (χ3n) is 6.92. The number of carbonyl (C=O) groups is 1. The van der Waals surface area contributed by atoms with E-state index in [4.69, 9.17) is 9.47 Å². The van der Waals surface area contributed by atoms with E-state index in [0.29, 0.717) is 38.0 Å². The lowest BCUT2D eigenvalue weighted by atomic mass is 9.69. The van der Waals surface area contributed by atoms with Crippen LogP contribution >= 0.6 is 0 Å². The van der Waals surface area contributed by atoms with Gasteiger partial charge >= 0.3 is 5.97 Å². The first-order valence-corrected chi connectivity index (χ1v) is 10.7. The number of carboxylic acids is 1. The Bertz CT molecular complexity index is 1150. The summed E-state index contributed by atoms with van der Waals surface area (Å²) in [6.45, 7) is 1.38. The molecule has 170 valence electrons. The number of carboxylic acid groups (broad SMARTS) is 1. The number of aromatic nitrogens is 1. The summed E-state index contributed by atoms with van der Waals surface area (Å²) in [7, 11) is 0. The summed E-state index contributed by atoms with van der Waals surface area (Å²) in [4.78, 5) is 23.9. The maximum atomic E-state index is 15.2. The monoisotopic (exact) mass is 449 g/mol. The van der Waals surface area contributed by atoms with Crippen LogP contribution in [0.2, 0.25) is 0 Å². The molecule has 2 aromatic rings. The van der Waals surface area contributed by atoms with E-state index in [1.165, 1.54) is 16.7 Å². The van der Waals surface area contributed by atoms with Crippen LogP contribution in [0.25, 0.3) is 11.3 Å². The molecule has 1 aromatic carbocycles. The van der Waals surface area contributed by atoms with Gasteiger partial charge in [0.2, 0.25) is 5.43 Å². The van der Waals surface area contributed by atoms with Crippen molar-refractivity contribution < 1.29 is 32.5 Å². The molecule has 2 aliphatic heterocycles. The fourth-order valence-corrected chi connectivity index (χ4v) is 5.02. The Morgan fingerprint density at radius 2 is 2.12 bits per heavy atom. The standard InChI is InChI=1S/C23H22F3NO5/c24-18-19-14-7-15(21(25)26)17(32-11-12-2-5-31-10-12)6-13(14)8-23(3-1-4-23)27(19)9-16(20(18)28)22(29)30/h6-7,9,12,21H,1-5,8,10-11H2,(H,29,30). The first-order valence-electron chi connectivity index (χ1n) is 10.7. The summed E-state index contributed by atoms with van der Waals surface area (Å²) in [5, 5.41) is 9.35. The summed E-state index contributed by atoms with van der Waals surface area (Å²) in [6.07, 6.45) is 1.73. The number of aromatic carboxylic acids is 1. The smallest absolute Gasteiger partial charge is 0.341 e. The van der Waals surface area contributed by atoms with Gasteiger partial charge in [0.1, 0.15) is 11.3 Å². The van der Waals surface area contributed by atoms with E-state index < -0.39 is 34.7 Å². The lowest BCUT2D eigenvalue weighted by Gasteiger charge is -2.48. The Morgan fingerprint density at radius 3 is 2.72 bits per heavy atom. The molecule has 32 heavy (non-hydrogen) atoms. The fourth-order valence-electron chi connectivity index (χ4n) is 5.02. The minimum absolute atomic E-state index is 0.0542. The largest absolute Gasteiger partial charge is 0.493 e. The number of hydrogen-bond acceptors (Lipinski definition) is 4. The van der Waals surface area contributed by atoms with Gasteiger partial charge in [-0.2, -0.15) is 0 Å². The van der Waals surface area contributed by atoms with Crippen molar-refractivity contribution in [3.05, 3.63) is 51.1 Å². The van der Waals surface area contributed by atoms with Gasteiger partial charge in [0.25, 0.3) is 6.43 Å². The van der Waals surface area contributed by atoms with Crippen molar-refractivity contribution in [1.82, 2.24) is 4.57 Å². The third-order valence-corrected chi connectivity index (χ3v) is 6.92. The number of pyridine rings is 1. The van der Waals surface area contributed by atoms with Crippen molar-refractivity contribution in [2.45, 2.75) is 44.1 Å². The maximum absolute atomic E-state index is 15.2. The molecule has 1 aromatic heterocycles. The van der Waals surface area contributed by atoms with Gasteiger partial charge < -0.3 is 19.1 Å². The molecule has 9 heteroatoms. The second kappa shape index (κ2) is 7.65. The van der Waals surface area contributed by atoms with Crippen LogP contribution in [0.4, 0.5) is 13.2 Å². The molecule has 1 atom stereocenters. The highest BCUT2D eigenvalue weighted by Gasteiger charge is 2.45. The summed E-state index contributed by atoms with van der Waals surface area (Å²) in [6, 6.07) is 2.71. The maximum Gasteiger partial charge on any atom is 0.341 e. The van der Waals surface area contributed by atoms with Gasteiger partial charge in [0.15, 0.2) is 5.82 Å². The zero-order chi connectivity index (χ0) is 22.6. The van der Waals surface area contributed by atoms with E-state index in [-0.39, 0.29) is 35.1 Å². The van der Waals surface area contributed by atoms with Gasteiger partial charge in [-0.15, -0.1) is 0 Å². The van der Waals surface area contributed by atoms with Gasteiger partial charge in [-0.1, -0.05) is 0 Å². The van der Waals surface area contributed by atoms with Crippen LogP contribution in [0.15, 0.2) is 23.1 Å². The van der Waals surface area contributed by atoms with Crippen LogP contribution in [0.5, 0.6) is 5.75 Å². The fraction of sp³-hybridized carbons (Fsp3) is 0.478. The summed E-state index contributed by atoms with van der Waals surface area (Å²) in [5.74, 6) is -2.56. The molecule has 1 unspecified atom stereocenters. The van der Waals surface area contributed by atoms with E-state index in [0.717, 1.165) is 19.0 Å². The van der Waals surface area contributed by atoms with Gasteiger partial charge in [-0.3, -0.25) is 4.79 Å². The first-order chi connectivity index (χ1) is 15.3. The van der Waals surface area contributed by atoms with Crippen molar-refractivity contribution in [2.75, 3.05) is 19.8 Å². The summed E-state index contributed by atoms with van der Waals surface area (Å²) < 4.78 is 55.6. The molecule has 1 saturated carbocycles. The number of halogens is 3.